The summed E-state index contributed by atoms with van der Waals surface area (Å²) in [7, 11) is 0. The fourth-order valence-corrected chi connectivity index (χ4v) is 3.90. The van der Waals surface area contributed by atoms with Crippen molar-refractivity contribution >= 4 is 40.2 Å². The van der Waals surface area contributed by atoms with Crippen LogP contribution < -0.4 is 4.74 Å². The fraction of sp³-hybridized carbons (Fsp3) is 0.316. The summed E-state index contributed by atoms with van der Waals surface area (Å²) in [4.78, 5) is 29.5. The zero-order chi connectivity index (χ0) is 19.6. The van der Waals surface area contributed by atoms with Crippen molar-refractivity contribution in [3.8, 4) is 17.0 Å². The summed E-state index contributed by atoms with van der Waals surface area (Å²) in [5.41, 5.74) is 2.44. The first-order chi connectivity index (χ1) is 13.0. The number of halogens is 1. The number of benzene rings is 1. The molecule has 0 atom stereocenters. The SMILES string of the molecule is CCOC(=O)Cc1cn2c(C=O)c(-c3cc(Cl)c(C)cc3OCC)nc2s1. The van der Waals surface area contributed by atoms with Crippen LogP contribution in [0, 0.1) is 6.92 Å². The van der Waals surface area contributed by atoms with Gasteiger partial charge in [-0.25, -0.2) is 4.98 Å². The molecule has 0 fully saturated rings. The summed E-state index contributed by atoms with van der Waals surface area (Å²) in [5.74, 6) is 0.318. The standard InChI is InChI=1S/C19H19ClN2O4S/c1-4-25-16-6-11(3)14(20)8-13(16)18-15(10-23)22-9-12(27-19(22)21-18)7-17(24)26-5-2/h6,8-10H,4-5,7H2,1-3H3. The van der Waals surface area contributed by atoms with Gasteiger partial charge in [-0.15, -0.1) is 11.3 Å². The highest BCUT2D eigenvalue weighted by Crippen LogP contribution is 2.37. The van der Waals surface area contributed by atoms with E-state index < -0.39 is 0 Å². The summed E-state index contributed by atoms with van der Waals surface area (Å²) in [6.07, 6.45) is 2.64. The average molecular weight is 407 g/mol. The molecule has 27 heavy (non-hydrogen) atoms. The molecule has 0 amide bonds. The Morgan fingerprint density at radius 2 is 2.11 bits per heavy atom. The molecular weight excluding hydrogens is 388 g/mol. The van der Waals surface area contributed by atoms with Crippen LogP contribution in [0.15, 0.2) is 18.3 Å². The van der Waals surface area contributed by atoms with E-state index >= 15 is 0 Å². The lowest BCUT2D eigenvalue weighted by atomic mass is 10.1. The fourth-order valence-electron chi connectivity index (χ4n) is 2.77. The molecule has 0 bridgehead atoms. The summed E-state index contributed by atoms with van der Waals surface area (Å²) >= 11 is 7.63. The molecule has 0 radical (unpaired) electrons. The maximum Gasteiger partial charge on any atom is 0.311 e. The van der Waals surface area contributed by atoms with E-state index in [0.717, 1.165) is 16.7 Å². The quantitative estimate of drug-likeness (QED) is 0.431. The van der Waals surface area contributed by atoms with Crippen molar-refractivity contribution in [2.24, 2.45) is 0 Å². The molecule has 1 aromatic carbocycles. The normalized spacial score (nSPS) is 11.0. The number of rotatable bonds is 7. The predicted molar refractivity (Wildman–Crippen MR) is 105 cm³/mol. The summed E-state index contributed by atoms with van der Waals surface area (Å²) in [6, 6.07) is 3.61. The molecule has 0 spiro atoms. The Morgan fingerprint density at radius 3 is 2.78 bits per heavy atom. The molecule has 0 unspecified atom stereocenters. The van der Waals surface area contributed by atoms with Crippen LogP contribution in [-0.2, 0) is 16.0 Å². The minimum atomic E-state index is -0.307. The van der Waals surface area contributed by atoms with Crippen LogP contribution >= 0.6 is 22.9 Å². The van der Waals surface area contributed by atoms with Crippen LogP contribution in [0.5, 0.6) is 5.75 Å². The Hall–Kier alpha value is -2.38. The molecule has 3 aromatic rings. The molecule has 0 aliphatic heterocycles. The van der Waals surface area contributed by atoms with Crippen molar-refractivity contribution in [2.75, 3.05) is 13.2 Å². The number of thiazole rings is 1. The number of aromatic nitrogens is 2. The number of carbonyl (C=O) groups is 2. The second-order valence-corrected chi connectivity index (χ2v) is 7.33. The van der Waals surface area contributed by atoms with Gasteiger partial charge in [0.25, 0.3) is 0 Å². The second-order valence-electron chi connectivity index (χ2n) is 5.83. The molecule has 0 N–H and O–H groups in total. The Bertz CT molecular complexity index is 1010. The number of nitrogens with zero attached hydrogens (tertiary/aromatic N) is 2. The minimum absolute atomic E-state index is 0.149. The van der Waals surface area contributed by atoms with Gasteiger partial charge in [0, 0.05) is 21.7 Å². The van der Waals surface area contributed by atoms with E-state index in [9.17, 15) is 9.59 Å². The van der Waals surface area contributed by atoms with Crippen molar-refractivity contribution < 1.29 is 19.1 Å². The van der Waals surface area contributed by atoms with Crippen LogP contribution in [0.3, 0.4) is 0 Å². The van der Waals surface area contributed by atoms with E-state index in [1.807, 2.05) is 19.9 Å². The topological polar surface area (TPSA) is 69.9 Å². The zero-order valence-electron chi connectivity index (χ0n) is 15.2. The van der Waals surface area contributed by atoms with Gasteiger partial charge in [0.05, 0.1) is 19.6 Å². The summed E-state index contributed by atoms with van der Waals surface area (Å²) < 4.78 is 12.4. The Labute approximate surface area is 165 Å². The highest BCUT2D eigenvalue weighted by Gasteiger charge is 2.21. The first kappa shape index (κ1) is 19.4. The maximum absolute atomic E-state index is 11.8. The number of carbonyl (C=O) groups excluding carboxylic acids is 2. The monoisotopic (exact) mass is 406 g/mol. The number of esters is 1. The molecule has 0 saturated heterocycles. The third kappa shape index (κ3) is 3.84. The van der Waals surface area contributed by atoms with E-state index in [-0.39, 0.29) is 12.4 Å². The first-order valence-electron chi connectivity index (χ1n) is 8.53. The average Bonchev–Trinajstić information content (AvgIpc) is 3.15. The van der Waals surface area contributed by atoms with Gasteiger partial charge in [-0.3, -0.25) is 14.0 Å². The molecule has 6 nitrogen and oxygen atoms in total. The smallest absolute Gasteiger partial charge is 0.311 e. The van der Waals surface area contributed by atoms with Gasteiger partial charge >= 0.3 is 5.97 Å². The van der Waals surface area contributed by atoms with Crippen LogP contribution in [-0.4, -0.2) is 34.9 Å². The van der Waals surface area contributed by atoms with Crippen molar-refractivity contribution in [2.45, 2.75) is 27.2 Å². The highest BCUT2D eigenvalue weighted by atomic mass is 35.5. The molecule has 2 heterocycles. The number of ether oxygens (including phenoxy) is 2. The van der Waals surface area contributed by atoms with Gasteiger partial charge in [0.1, 0.15) is 17.1 Å². The van der Waals surface area contributed by atoms with E-state index in [4.69, 9.17) is 21.1 Å². The van der Waals surface area contributed by atoms with E-state index in [2.05, 4.69) is 4.98 Å². The highest BCUT2D eigenvalue weighted by molar-refractivity contribution is 7.17. The molecule has 0 aliphatic rings. The van der Waals surface area contributed by atoms with E-state index in [0.29, 0.717) is 45.9 Å². The van der Waals surface area contributed by atoms with Crippen LogP contribution in [0.25, 0.3) is 16.2 Å². The van der Waals surface area contributed by atoms with Crippen LogP contribution in [0.2, 0.25) is 5.02 Å². The lowest BCUT2D eigenvalue weighted by molar-refractivity contribution is -0.142. The van der Waals surface area contributed by atoms with E-state index in [1.165, 1.54) is 11.3 Å². The van der Waals surface area contributed by atoms with Crippen LogP contribution in [0.1, 0.15) is 34.8 Å². The van der Waals surface area contributed by atoms with Crippen molar-refractivity contribution in [1.29, 1.82) is 0 Å². The minimum Gasteiger partial charge on any atom is -0.493 e. The number of imidazole rings is 1. The van der Waals surface area contributed by atoms with Gasteiger partial charge in [0.2, 0.25) is 0 Å². The number of fused-ring (bicyclic) bond motifs is 1. The molecular formula is C19H19ClN2O4S. The van der Waals surface area contributed by atoms with Gasteiger partial charge in [0.15, 0.2) is 11.2 Å². The summed E-state index contributed by atoms with van der Waals surface area (Å²) in [6.45, 7) is 6.36. The van der Waals surface area contributed by atoms with Crippen molar-refractivity contribution in [3.63, 3.8) is 0 Å². The molecule has 8 heteroatoms. The van der Waals surface area contributed by atoms with Gasteiger partial charge in [-0.1, -0.05) is 11.6 Å². The number of hydrogen-bond acceptors (Lipinski definition) is 6. The van der Waals surface area contributed by atoms with Crippen molar-refractivity contribution in [3.05, 3.63) is 39.5 Å². The molecule has 3 rings (SSSR count). The Kier molecular flexibility index (Phi) is 5.82. The Morgan fingerprint density at radius 1 is 1.33 bits per heavy atom. The largest absolute Gasteiger partial charge is 0.493 e. The van der Waals surface area contributed by atoms with Gasteiger partial charge in [-0.2, -0.15) is 0 Å². The van der Waals surface area contributed by atoms with Gasteiger partial charge in [-0.05, 0) is 38.5 Å². The number of hydrogen-bond donors (Lipinski definition) is 0. The molecule has 0 saturated carbocycles. The lowest BCUT2D eigenvalue weighted by Crippen LogP contribution is -2.06. The van der Waals surface area contributed by atoms with Gasteiger partial charge < -0.3 is 9.47 Å². The number of aryl methyl sites for hydroxylation is 1. The summed E-state index contributed by atoms with van der Waals surface area (Å²) in [5, 5.41) is 0.574. The van der Waals surface area contributed by atoms with Crippen LogP contribution in [0.4, 0.5) is 0 Å². The third-order valence-electron chi connectivity index (χ3n) is 3.96. The number of aldehydes is 1. The van der Waals surface area contributed by atoms with Crippen molar-refractivity contribution in [1.82, 2.24) is 9.38 Å². The predicted octanol–water partition coefficient (Wildman–Crippen LogP) is 4.34. The zero-order valence-corrected chi connectivity index (χ0v) is 16.8. The molecule has 0 aliphatic carbocycles. The third-order valence-corrected chi connectivity index (χ3v) is 5.35. The molecule has 142 valence electrons. The Balaban J connectivity index is 2.08. The molecule has 2 aromatic heterocycles. The second kappa shape index (κ2) is 8.10. The lowest BCUT2D eigenvalue weighted by Gasteiger charge is -2.11. The van der Waals surface area contributed by atoms with E-state index in [1.54, 1.807) is 23.6 Å². The maximum atomic E-state index is 11.8. The first-order valence-corrected chi connectivity index (χ1v) is 9.72.